The van der Waals surface area contributed by atoms with Crippen LogP contribution in [0, 0.1) is 17.2 Å². The first-order valence-corrected chi connectivity index (χ1v) is 5.95. The zero-order valence-electron chi connectivity index (χ0n) is 9.46. The molecular weight excluding hydrogens is 188 g/mol. The van der Waals surface area contributed by atoms with E-state index in [4.69, 9.17) is 5.26 Å². The normalized spacial score (nSPS) is 19.2. The van der Waals surface area contributed by atoms with Gasteiger partial charge in [0.25, 0.3) is 0 Å². The first-order valence-electron chi connectivity index (χ1n) is 5.95. The maximum absolute atomic E-state index is 11.6. The van der Waals surface area contributed by atoms with Crippen LogP contribution in [-0.2, 0) is 4.79 Å². The van der Waals surface area contributed by atoms with Crippen molar-refractivity contribution in [1.29, 1.82) is 5.26 Å². The predicted octanol–water partition coefficient (Wildman–Crippen LogP) is 2.38. The standard InChI is InChI=1S/C12H20N2O/c1-2-11(9-13)14-12(15)8-10-6-4-3-5-7-10/h10-11H,2-8H2,1H3,(H,14,15). The van der Waals surface area contributed by atoms with Gasteiger partial charge in [0.2, 0.25) is 5.91 Å². The molecule has 84 valence electrons. The van der Waals surface area contributed by atoms with Gasteiger partial charge in [0.05, 0.1) is 6.07 Å². The van der Waals surface area contributed by atoms with Crippen molar-refractivity contribution in [2.45, 2.75) is 57.9 Å². The Morgan fingerprint density at radius 1 is 1.47 bits per heavy atom. The molecule has 1 unspecified atom stereocenters. The van der Waals surface area contributed by atoms with E-state index in [0.717, 1.165) is 0 Å². The summed E-state index contributed by atoms with van der Waals surface area (Å²) < 4.78 is 0. The summed E-state index contributed by atoms with van der Waals surface area (Å²) in [6.07, 6.45) is 7.48. The zero-order valence-corrected chi connectivity index (χ0v) is 9.46. The highest BCUT2D eigenvalue weighted by Gasteiger charge is 2.18. The van der Waals surface area contributed by atoms with Gasteiger partial charge in [-0.2, -0.15) is 5.26 Å². The van der Waals surface area contributed by atoms with Crippen molar-refractivity contribution in [1.82, 2.24) is 5.32 Å². The van der Waals surface area contributed by atoms with E-state index in [1.807, 2.05) is 6.92 Å². The number of nitrogens with one attached hydrogen (secondary N) is 1. The van der Waals surface area contributed by atoms with Crippen LogP contribution < -0.4 is 5.32 Å². The Morgan fingerprint density at radius 3 is 2.67 bits per heavy atom. The maximum Gasteiger partial charge on any atom is 0.221 e. The summed E-state index contributed by atoms with van der Waals surface area (Å²) in [5.41, 5.74) is 0. The minimum atomic E-state index is -0.305. The molecule has 0 saturated heterocycles. The van der Waals surface area contributed by atoms with Crippen LogP contribution in [0.1, 0.15) is 51.9 Å². The highest BCUT2D eigenvalue weighted by molar-refractivity contribution is 5.76. The quantitative estimate of drug-likeness (QED) is 0.771. The number of rotatable bonds is 4. The number of nitrogens with zero attached hydrogens (tertiary/aromatic N) is 1. The molecule has 0 aromatic heterocycles. The van der Waals surface area contributed by atoms with Crippen LogP contribution in [0.25, 0.3) is 0 Å². The van der Waals surface area contributed by atoms with Crippen LogP contribution in [0.15, 0.2) is 0 Å². The van der Waals surface area contributed by atoms with E-state index < -0.39 is 0 Å². The van der Waals surface area contributed by atoms with Gasteiger partial charge in [0.15, 0.2) is 0 Å². The van der Waals surface area contributed by atoms with E-state index in [2.05, 4.69) is 11.4 Å². The Bertz CT molecular complexity index is 238. The summed E-state index contributed by atoms with van der Waals surface area (Å²) in [5.74, 6) is 0.602. The van der Waals surface area contributed by atoms with Crippen molar-refractivity contribution >= 4 is 5.91 Å². The van der Waals surface area contributed by atoms with Gasteiger partial charge in [-0.1, -0.05) is 26.2 Å². The van der Waals surface area contributed by atoms with Gasteiger partial charge in [-0.25, -0.2) is 0 Å². The van der Waals surface area contributed by atoms with Crippen LogP contribution in [-0.4, -0.2) is 11.9 Å². The van der Waals surface area contributed by atoms with E-state index in [1.165, 1.54) is 32.1 Å². The molecule has 0 heterocycles. The molecule has 1 N–H and O–H groups in total. The lowest BCUT2D eigenvalue weighted by molar-refractivity contribution is -0.122. The summed E-state index contributed by atoms with van der Waals surface area (Å²) in [6.45, 7) is 1.91. The predicted molar refractivity (Wildman–Crippen MR) is 59.0 cm³/mol. The van der Waals surface area contributed by atoms with Crippen LogP contribution in [0.5, 0.6) is 0 Å². The first kappa shape index (κ1) is 12.0. The first-order chi connectivity index (χ1) is 7.26. The number of carbonyl (C=O) groups excluding carboxylic acids is 1. The molecule has 0 bridgehead atoms. The Balaban J connectivity index is 2.25. The molecule has 1 amide bonds. The molecule has 0 aliphatic heterocycles. The minimum Gasteiger partial charge on any atom is -0.340 e. The fraction of sp³-hybridized carbons (Fsp3) is 0.833. The second-order valence-corrected chi connectivity index (χ2v) is 4.37. The molecule has 1 rings (SSSR count). The van der Waals surface area contributed by atoms with Gasteiger partial charge in [0.1, 0.15) is 6.04 Å². The topological polar surface area (TPSA) is 52.9 Å². The number of nitriles is 1. The van der Waals surface area contributed by atoms with Gasteiger partial charge < -0.3 is 5.32 Å². The summed E-state index contributed by atoms with van der Waals surface area (Å²) >= 11 is 0. The van der Waals surface area contributed by atoms with E-state index in [0.29, 0.717) is 18.8 Å². The van der Waals surface area contributed by atoms with E-state index in [1.54, 1.807) is 0 Å². The molecule has 0 aromatic carbocycles. The largest absolute Gasteiger partial charge is 0.340 e. The Morgan fingerprint density at radius 2 is 2.13 bits per heavy atom. The molecular formula is C12H20N2O. The lowest BCUT2D eigenvalue weighted by Crippen LogP contribution is -2.34. The number of carbonyl (C=O) groups is 1. The molecule has 0 radical (unpaired) electrons. The molecule has 1 aliphatic carbocycles. The third-order valence-corrected chi connectivity index (χ3v) is 3.10. The van der Waals surface area contributed by atoms with Crippen molar-refractivity contribution in [3.8, 4) is 6.07 Å². The van der Waals surface area contributed by atoms with Crippen LogP contribution in [0.3, 0.4) is 0 Å². The molecule has 1 aliphatic rings. The molecule has 0 aromatic rings. The molecule has 15 heavy (non-hydrogen) atoms. The average molecular weight is 208 g/mol. The van der Waals surface area contributed by atoms with E-state index in [-0.39, 0.29) is 11.9 Å². The lowest BCUT2D eigenvalue weighted by atomic mass is 9.87. The van der Waals surface area contributed by atoms with Crippen LogP contribution in [0.2, 0.25) is 0 Å². The summed E-state index contributed by atoms with van der Waals surface area (Å²) in [4.78, 5) is 11.6. The Labute approximate surface area is 91.9 Å². The third-order valence-electron chi connectivity index (χ3n) is 3.10. The van der Waals surface area contributed by atoms with Crippen molar-refractivity contribution in [3.63, 3.8) is 0 Å². The number of amides is 1. The Kier molecular flexibility index (Phi) is 5.17. The third kappa shape index (κ3) is 4.33. The average Bonchev–Trinajstić information content (AvgIpc) is 2.27. The molecule has 3 nitrogen and oxygen atoms in total. The smallest absolute Gasteiger partial charge is 0.221 e. The second-order valence-electron chi connectivity index (χ2n) is 4.37. The SMILES string of the molecule is CCC(C#N)NC(=O)CC1CCCCC1. The van der Waals surface area contributed by atoms with E-state index in [9.17, 15) is 4.79 Å². The minimum absolute atomic E-state index is 0.0512. The van der Waals surface area contributed by atoms with Gasteiger partial charge >= 0.3 is 0 Å². The lowest BCUT2D eigenvalue weighted by Gasteiger charge is -2.21. The molecule has 1 saturated carbocycles. The van der Waals surface area contributed by atoms with E-state index >= 15 is 0 Å². The highest BCUT2D eigenvalue weighted by Crippen LogP contribution is 2.26. The van der Waals surface area contributed by atoms with Gasteiger partial charge in [-0.15, -0.1) is 0 Å². The Hall–Kier alpha value is -1.04. The van der Waals surface area contributed by atoms with Crippen molar-refractivity contribution < 1.29 is 4.79 Å². The van der Waals surface area contributed by atoms with Crippen LogP contribution >= 0.6 is 0 Å². The van der Waals surface area contributed by atoms with Gasteiger partial charge in [-0.05, 0) is 25.2 Å². The molecule has 3 heteroatoms. The summed E-state index contributed by atoms with van der Waals surface area (Å²) in [5, 5.41) is 11.5. The van der Waals surface area contributed by atoms with Gasteiger partial charge in [0, 0.05) is 6.42 Å². The highest BCUT2D eigenvalue weighted by atomic mass is 16.1. The van der Waals surface area contributed by atoms with Gasteiger partial charge in [-0.3, -0.25) is 4.79 Å². The second kappa shape index (κ2) is 6.44. The molecule has 1 fully saturated rings. The summed E-state index contributed by atoms with van der Waals surface area (Å²) in [6, 6.07) is 1.78. The summed E-state index contributed by atoms with van der Waals surface area (Å²) in [7, 11) is 0. The molecule has 0 spiro atoms. The number of hydrogen-bond acceptors (Lipinski definition) is 2. The zero-order chi connectivity index (χ0) is 11.1. The fourth-order valence-corrected chi connectivity index (χ4v) is 2.13. The fourth-order valence-electron chi connectivity index (χ4n) is 2.13. The number of hydrogen-bond donors (Lipinski definition) is 1. The van der Waals surface area contributed by atoms with Crippen molar-refractivity contribution in [3.05, 3.63) is 0 Å². The maximum atomic E-state index is 11.6. The van der Waals surface area contributed by atoms with Crippen LogP contribution in [0.4, 0.5) is 0 Å². The monoisotopic (exact) mass is 208 g/mol. The van der Waals surface area contributed by atoms with Crippen molar-refractivity contribution in [2.24, 2.45) is 5.92 Å². The van der Waals surface area contributed by atoms with Crippen molar-refractivity contribution in [2.75, 3.05) is 0 Å². The molecule has 1 atom stereocenters.